The molecule has 0 unspecified atom stereocenters. The van der Waals surface area contributed by atoms with Crippen LogP contribution < -0.4 is 4.90 Å². The Morgan fingerprint density at radius 1 is 1.00 bits per heavy atom. The zero-order valence-corrected chi connectivity index (χ0v) is 13.5. The number of aliphatic imine (C=N–C) groups is 1. The Kier molecular flexibility index (Phi) is 3.84. The van der Waals surface area contributed by atoms with E-state index < -0.39 is 0 Å². The fourth-order valence-corrected chi connectivity index (χ4v) is 3.17. The van der Waals surface area contributed by atoms with Crippen molar-refractivity contribution >= 4 is 11.9 Å². The number of rotatable bonds is 3. The molecule has 0 saturated carbocycles. The predicted molar refractivity (Wildman–Crippen MR) is 94.6 cm³/mol. The third kappa shape index (κ3) is 2.57. The quantitative estimate of drug-likeness (QED) is 0.756. The highest BCUT2D eigenvalue weighted by atomic mass is 15.2. The fraction of sp³-hybridized carbons (Fsp3) is 0.250. The van der Waals surface area contributed by atoms with E-state index in [0.717, 1.165) is 6.54 Å². The lowest BCUT2D eigenvalue weighted by atomic mass is 9.84. The van der Waals surface area contributed by atoms with Crippen LogP contribution in [-0.4, -0.2) is 13.3 Å². The molecule has 0 atom stereocenters. The Morgan fingerprint density at radius 3 is 2.41 bits per heavy atom. The molecule has 0 spiro atoms. The number of benzene rings is 2. The van der Waals surface area contributed by atoms with Crippen LogP contribution in [0.2, 0.25) is 0 Å². The van der Waals surface area contributed by atoms with Gasteiger partial charge in [0.15, 0.2) is 0 Å². The van der Waals surface area contributed by atoms with Gasteiger partial charge in [-0.05, 0) is 23.3 Å². The van der Waals surface area contributed by atoms with Crippen LogP contribution in [0.1, 0.15) is 25.0 Å². The molecule has 0 fully saturated rings. The second kappa shape index (κ2) is 5.80. The van der Waals surface area contributed by atoms with Gasteiger partial charge in [-0.1, -0.05) is 62.4 Å². The largest absolute Gasteiger partial charge is 0.347 e. The van der Waals surface area contributed by atoms with Crippen LogP contribution in [0.15, 0.2) is 71.4 Å². The van der Waals surface area contributed by atoms with E-state index in [4.69, 9.17) is 0 Å². The number of para-hydroxylation sites is 1. The van der Waals surface area contributed by atoms with Gasteiger partial charge >= 0.3 is 0 Å². The molecule has 0 aromatic heterocycles. The minimum atomic E-state index is 0.0180. The first-order valence-electron chi connectivity index (χ1n) is 7.68. The van der Waals surface area contributed by atoms with E-state index in [9.17, 15) is 0 Å². The van der Waals surface area contributed by atoms with Gasteiger partial charge in [0.1, 0.15) is 0 Å². The topological polar surface area (TPSA) is 15.6 Å². The van der Waals surface area contributed by atoms with E-state index in [2.05, 4.69) is 73.3 Å². The molecule has 22 heavy (non-hydrogen) atoms. The molecule has 0 bridgehead atoms. The van der Waals surface area contributed by atoms with Gasteiger partial charge in [-0.2, -0.15) is 0 Å². The molecule has 0 N–H and O–H groups in total. The summed E-state index contributed by atoms with van der Waals surface area (Å²) in [7, 11) is 2.13. The van der Waals surface area contributed by atoms with Gasteiger partial charge in [-0.15, -0.1) is 0 Å². The maximum absolute atomic E-state index is 4.54. The number of allylic oxidation sites excluding steroid dienone is 2. The fourth-order valence-electron chi connectivity index (χ4n) is 3.17. The lowest BCUT2D eigenvalue weighted by Crippen LogP contribution is -2.23. The number of likely N-dealkylation sites (N-methyl/N-ethyl adjacent to an activating group) is 1. The smallest absolute Gasteiger partial charge is 0.0639 e. The number of hydrogen-bond donors (Lipinski definition) is 0. The molecular formula is C20H22N2. The third-order valence-corrected chi connectivity index (χ3v) is 4.39. The molecule has 1 aliphatic rings. The van der Waals surface area contributed by atoms with E-state index in [1.54, 1.807) is 0 Å². The number of nitrogens with zero attached hydrogens (tertiary/aromatic N) is 2. The van der Waals surface area contributed by atoms with Crippen molar-refractivity contribution in [3.8, 4) is 0 Å². The lowest BCUT2D eigenvalue weighted by molar-refractivity contribution is 0.641. The first-order chi connectivity index (χ1) is 10.6. The van der Waals surface area contributed by atoms with E-state index >= 15 is 0 Å². The predicted octanol–water partition coefficient (Wildman–Crippen LogP) is 4.57. The van der Waals surface area contributed by atoms with E-state index in [1.165, 1.54) is 22.5 Å². The Bertz CT molecular complexity index is 711. The molecule has 112 valence electrons. The first kappa shape index (κ1) is 14.6. The molecule has 2 aromatic carbocycles. The Morgan fingerprint density at radius 2 is 1.68 bits per heavy atom. The summed E-state index contributed by atoms with van der Waals surface area (Å²) in [5.41, 5.74) is 5.20. The van der Waals surface area contributed by atoms with Gasteiger partial charge < -0.3 is 4.90 Å². The van der Waals surface area contributed by atoms with E-state index in [0.29, 0.717) is 0 Å². The van der Waals surface area contributed by atoms with Gasteiger partial charge in [0.25, 0.3) is 0 Å². The van der Waals surface area contributed by atoms with Gasteiger partial charge in [0.05, 0.1) is 6.54 Å². The van der Waals surface area contributed by atoms with E-state index in [-0.39, 0.29) is 5.41 Å². The minimum absolute atomic E-state index is 0.0180. The minimum Gasteiger partial charge on any atom is -0.347 e. The van der Waals surface area contributed by atoms with Crippen LogP contribution in [0.25, 0.3) is 0 Å². The van der Waals surface area contributed by atoms with Gasteiger partial charge in [-0.3, -0.25) is 4.99 Å². The Balaban J connectivity index is 1.80. The number of fused-ring (bicyclic) bond motifs is 1. The summed E-state index contributed by atoms with van der Waals surface area (Å²) in [6.07, 6.45) is 4.08. The summed E-state index contributed by atoms with van der Waals surface area (Å²) >= 11 is 0. The molecule has 2 heteroatoms. The van der Waals surface area contributed by atoms with Crippen LogP contribution in [0.4, 0.5) is 5.69 Å². The summed E-state index contributed by atoms with van der Waals surface area (Å²) in [5.74, 6) is 0. The van der Waals surface area contributed by atoms with Crippen molar-refractivity contribution in [1.82, 2.24) is 0 Å². The van der Waals surface area contributed by atoms with Crippen molar-refractivity contribution in [2.75, 3.05) is 11.9 Å². The summed E-state index contributed by atoms with van der Waals surface area (Å²) in [5, 5.41) is 0. The van der Waals surface area contributed by atoms with Gasteiger partial charge in [0, 0.05) is 30.1 Å². The van der Waals surface area contributed by atoms with Crippen molar-refractivity contribution in [2.24, 2.45) is 4.99 Å². The second-order valence-corrected chi connectivity index (χ2v) is 6.23. The van der Waals surface area contributed by atoms with E-state index in [1.807, 2.05) is 24.4 Å². The molecule has 0 aliphatic carbocycles. The summed E-state index contributed by atoms with van der Waals surface area (Å²) in [6.45, 7) is 5.26. The molecule has 0 saturated heterocycles. The van der Waals surface area contributed by atoms with Crippen LogP contribution in [0.5, 0.6) is 0 Å². The maximum Gasteiger partial charge on any atom is 0.0639 e. The maximum atomic E-state index is 4.54. The highest BCUT2D eigenvalue weighted by Crippen LogP contribution is 2.46. The molecular weight excluding hydrogens is 268 g/mol. The highest BCUT2D eigenvalue weighted by Gasteiger charge is 2.37. The number of anilines is 1. The van der Waals surface area contributed by atoms with Gasteiger partial charge in [0.2, 0.25) is 0 Å². The van der Waals surface area contributed by atoms with Crippen molar-refractivity contribution in [2.45, 2.75) is 25.8 Å². The van der Waals surface area contributed by atoms with Crippen molar-refractivity contribution in [3.63, 3.8) is 0 Å². The number of hydrogen-bond acceptors (Lipinski definition) is 2. The van der Waals surface area contributed by atoms with Crippen molar-refractivity contribution < 1.29 is 0 Å². The SMILES string of the molecule is CN1/C(=C\C=NCc2ccccc2)C(C)(C)c2ccccc21. The third-order valence-electron chi connectivity index (χ3n) is 4.39. The van der Waals surface area contributed by atoms with Crippen molar-refractivity contribution in [1.29, 1.82) is 0 Å². The molecule has 2 aromatic rings. The Hall–Kier alpha value is -2.35. The lowest BCUT2D eigenvalue weighted by Gasteiger charge is -2.23. The average molecular weight is 290 g/mol. The molecule has 0 amide bonds. The summed E-state index contributed by atoms with van der Waals surface area (Å²) < 4.78 is 0. The standard InChI is InChI=1S/C20H22N2/c1-20(2)17-11-7-8-12-18(17)22(3)19(20)13-14-21-15-16-9-5-4-6-10-16/h4-14H,15H2,1-3H3/b19-13-,21-14?. The first-order valence-corrected chi connectivity index (χ1v) is 7.68. The average Bonchev–Trinajstić information content (AvgIpc) is 2.73. The highest BCUT2D eigenvalue weighted by molar-refractivity contribution is 5.79. The van der Waals surface area contributed by atoms with Crippen LogP contribution in [-0.2, 0) is 12.0 Å². The zero-order chi connectivity index (χ0) is 15.6. The summed E-state index contributed by atoms with van der Waals surface area (Å²) in [4.78, 5) is 6.81. The Labute approximate surface area is 132 Å². The van der Waals surface area contributed by atoms with Gasteiger partial charge in [-0.25, -0.2) is 0 Å². The summed E-state index contributed by atoms with van der Waals surface area (Å²) in [6, 6.07) is 18.9. The molecule has 3 rings (SSSR count). The normalized spacial score (nSPS) is 18.1. The molecule has 2 nitrogen and oxygen atoms in total. The molecule has 0 radical (unpaired) electrons. The monoisotopic (exact) mass is 290 g/mol. The van der Waals surface area contributed by atoms with Crippen LogP contribution >= 0.6 is 0 Å². The zero-order valence-electron chi connectivity index (χ0n) is 13.5. The van der Waals surface area contributed by atoms with Crippen LogP contribution in [0.3, 0.4) is 0 Å². The van der Waals surface area contributed by atoms with Crippen LogP contribution in [0, 0.1) is 0 Å². The van der Waals surface area contributed by atoms with Crippen molar-refractivity contribution in [3.05, 3.63) is 77.5 Å². The molecule has 1 aliphatic heterocycles. The molecule has 1 heterocycles. The second-order valence-electron chi connectivity index (χ2n) is 6.23.